The molecule has 1 aliphatic heterocycles. The summed E-state index contributed by atoms with van der Waals surface area (Å²) in [4.78, 5) is 37.7. The third-order valence-electron chi connectivity index (χ3n) is 3.71. The van der Waals surface area contributed by atoms with E-state index in [-0.39, 0.29) is 11.3 Å². The van der Waals surface area contributed by atoms with E-state index in [1.54, 1.807) is 12.1 Å². The van der Waals surface area contributed by atoms with Crippen molar-refractivity contribution in [3.05, 3.63) is 63.0 Å². The lowest BCUT2D eigenvalue weighted by atomic mass is 10.1. The lowest BCUT2D eigenvalue weighted by Gasteiger charge is -2.26. The summed E-state index contributed by atoms with van der Waals surface area (Å²) in [5.41, 5.74) is 0.0463. The molecule has 2 aromatic rings. The van der Waals surface area contributed by atoms with E-state index in [2.05, 4.69) is 27.9 Å². The van der Waals surface area contributed by atoms with Gasteiger partial charge in [0, 0.05) is 3.57 Å². The molecule has 138 valence electrons. The molecular weight excluding hydrogens is 466 g/mol. The maximum absolute atomic E-state index is 14.1. The minimum Gasteiger partial charge on any atom is -0.494 e. The Hall–Kier alpha value is -2.75. The molecule has 6 nitrogen and oxygen atoms in total. The van der Waals surface area contributed by atoms with E-state index in [0.717, 1.165) is 9.64 Å². The zero-order valence-corrected chi connectivity index (χ0v) is 16.3. The Labute approximate surface area is 168 Å². The van der Waals surface area contributed by atoms with Crippen LogP contribution >= 0.6 is 22.6 Å². The fourth-order valence-corrected chi connectivity index (χ4v) is 3.26. The molecule has 0 unspecified atom stereocenters. The van der Waals surface area contributed by atoms with Crippen LogP contribution in [0.15, 0.2) is 48.0 Å². The van der Waals surface area contributed by atoms with Crippen LogP contribution < -0.4 is 15.0 Å². The zero-order valence-electron chi connectivity index (χ0n) is 14.2. The van der Waals surface area contributed by atoms with Gasteiger partial charge in [0.25, 0.3) is 11.8 Å². The Kier molecular flexibility index (Phi) is 5.54. The topological polar surface area (TPSA) is 75.7 Å². The fourth-order valence-electron chi connectivity index (χ4n) is 2.59. The van der Waals surface area contributed by atoms with Crippen molar-refractivity contribution in [2.24, 2.45) is 0 Å². The second-order valence-corrected chi connectivity index (χ2v) is 6.81. The van der Waals surface area contributed by atoms with Crippen LogP contribution in [0.3, 0.4) is 0 Å². The van der Waals surface area contributed by atoms with Crippen molar-refractivity contribution in [3.63, 3.8) is 0 Å². The number of carbonyl (C=O) groups excluding carboxylic acids is 3. The summed E-state index contributed by atoms with van der Waals surface area (Å²) in [5.74, 6) is -1.90. The van der Waals surface area contributed by atoms with Crippen molar-refractivity contribution in [2.75, 3.05) is 11.5 Å². The first-order valence-electron chi connectivity index (χ1n) is 8.00. The van der Waals surface area contributed by atoms with Crippen LogP contribution in [0.4, 0.5) is 14.9 Å². The van der Waals surface area contributed by atoms with E-state index in [9.17, 15) is 18.8 Å². The highest BCUT2D eigenvalue weighted by molar-refractivity contribution is 14.1. The number of imide groups is 2. The van der Waals surface area contributed by atoms with Crippen LogP contribution in [0.2, 0.25) is 0 Å². The van der Waals surface area contributed by atoms with E-state index < -0.39 is 23.7 Å². The first kappa shape index (κ1) is 19.0. The number of barbiturate groups is 1. The number of rotatable bonds is 4. The molecule has 0 aromatic heterocycles. The maximum Gasteiger partial charge on any atom is 0.336 e. The van der Waals surface area contributed by atoms with Gasteiger partial charge in [-0.1, -0.05) is 12.1 Å². The molecule has 1 saturated heterocycles. The summed E-state index contributed by atoms with van der Waals surface area (Å²) in [6, 6.07) is 9.58. The number of urea groups is 1. The second-order valence-electron chi connectivity index (χ2n) is 5.56. The quantitative estimate of drug-likeness (QED) is 0.413. The van der Waals surface area contributed by atoms with Crippen molar-refractivity contribution in [1.29, 1.82) is 0 Å². The molecule has 4 amide bonds. The van der Waals surface area contributed by atoms with Gasteiger partial charge < -0.3 is 4.74 Å². The number of anilines is 1. The second kappa shape index (κ2) is 7.87. The highest BCUT2D eigenvalue weighted by Gasteiger charge is 2.37. The summed E-state index contributed by atoms with van der Waals surface area (Å²) >= 11 is 2.09. The van der Waals surface area contributed by atoms with Gasteiger partial charge in [-0.05, 0) is 71.5 Å². The SMILES string of the molecule is CCOc1cc(I)cc(/C=C2/C(=O)NC(=O)N(c3ccccc3F)C2=O)c1. The summed E-state index contributed by atoms with van der Waals surface area (Å²) in [6.07, 6.45) is 1.35. The van der Waals surface area contributed by atoms with E-state index in [1.165, 1.54) is 24.3 Å². The van der Waals surface area contributed by atoms with E-state index in [0.29, 0.717) is 22.8 Å². The number of nitrogens with one attached hydrogen (secondary N) is 1. The Morgan fingerprint density at radius 3 is 2.63 bits per heavy atom. The van der Waals surface area contributed by atoms with Crippen molar-refractivity contribution < 1.29 is 23.5 Å². The molecule has 0 radical (unpaired) electrons. The van der Waals surface area contributed by atoms with E-state index >= 15 is 0 Å². The molecule has 2 aromatic carbocycles. The van der Waals surface area contributed by atoms with Gasteiger partial charge >= 0.3 is 6.03 Å². The van der Waals surface area contributed by atoms with Crippen molar-refractivity contribution in [3.8, 4) is 5.75 Å². The lowest BCUT2D eigenvalue weighted by molar-refractivity contribution is -0.122. The molecule has 0 bridgehead atoms. The van der Waals surface area contributed by atoms with E-state index in [1.807, 2.05) is 13.0 Å². The fraction of sp³-hybridized carbons (Fsp3) is 0.105. The third-order valence-corrected chi connectivity index (χ3v) is 4.33. The standard InChI is InChI=1S/C19H14FIN2O4/c1-2-27-13-8-11(7-12(21)10-13)9-14-17(24)22-19(26)23(18(14)25)16-6-4-3-5-15(16)20/h3-10H,2H2,1H3,(H,22,24,26)/b14-9-. The Morgan fingerprint density at radius 2 is 1.93 bits per heavy atom. The number of hydrogen-bond donors (Lipinski definition) is 1. The minimum absolute atomic E-state index is 0.226. The van der Waals surface area contributed by atoms with Crippen LogP contribution in [-0.2, 0) is 9.59 Å². The van der Waals surface area contributed by atoms with Crippen LogP contribution in [0.1, 0.15) is 12.5 Å². The van der Waals surface area contributed by atoms with Gasteiger partial charge in [0.15, 0.2) is 0 Å². The van der Waals surface area contributed by atoms with Crippen LogP contribution in [-0.4, -0.2) is 24.5 Å². The molecular formula is C19H14FIN2O4. The normalized spacial score (nSPS) is 15.9. The zero-order chi connectivity index (χ0) is 19.6. The summed E-state index contributed by atoms with van der Waals surface area (Å²) in [5, 5.41) is 2.07. The molecule has 1 N–H and O–H groups in total. The monoisotopic (exact) mass is 480 g/mol. The van der Waals surface area contributed by atoms with Gasteiger partial charge in [-0.2, -0.15) is 0 Å². The number of halogens is 2. The Morgan fingerprint density at radius 1 is 1.19 bits per heavy atom. The first-order valence-corrected chi connectivity index (χ1v) is 9.08. The smallest absolute Gasteiger partial charge is 0.336 e. The van der Waals surface area contributed by atoms with Crippen LogP contribution in [0, 0.1) is 9.39 Å². The minimum atomic E-state index is -0.995. The molecule has 0 atom stereocenters. The number of para-hydroxylation sites is 1. The summed E-state index contributed by atoms with van der Waals surface area (Å²) in [7, 11) is 0. The Bertz CT molecular complexity index is 974. The number of hydrogen-bond acceptors (Lipinski definition) is 4. The molecule has 3 rings (SSSR count). The van der Waals surface area contributed by atoms with Gasteiger partial charge in [0.1, 0.15) is 17.1 Å². The molecule has 1 heterocycles. The molecule has 0 aliphatic carbocycles. The van der Waals surface area contributed by atoms with Gasteiger partial charge in [-0.15, -0.1) is 0 Å². The van der Waals surface area contributed by atoms with Crippen molar-refractivity contribution in [1.82, 2.24) is 5.32 Å². The molecule has 0 saturated carbocycles. The van der Waals surface area contributed by atoms with Crippen molar-refractivity contribution in [2.45, 2.75) is 6.92 Å². The Balaban J connectivity index is 2.03. The number of amides is 4. The average Bonchev–Trinajstić information content (AvgIpc) is 2.60. The molecule has 0 spiro atoms. The highest BCUT2D eigenvalue weighted by Crippen LogP contribution is 2.26. The summed E-state index contributed by atoms with van der Waals surface area (Å²) < 4.78 is 20.4. The molecule has 1 fully saturated rings. The number of benzene rings is 2. The lowest BCUT2D eigenvalue weighted by Crippen LogP contribution is -2.54. The van der Waals surface area contributed by atoms with Gasteiger partial charge in [-0.25, -0.2) is 14.1 Å². The van der Waals surface area contributed by atoms with Crippen molar-refractivity contribution >= 4 is 52.2 Å². The number of carbonyl (C=O) groups is 3. The molecule has 27 heavy (non-hydrogen) atoms. The molecule has 8 heteroatoms. The van der Waals surface area contributed by atoms with Gasteiger partial charge in [0.2, 0.25) is 0 Å². The maximum atomic E-state index is 14.1. The predicted octanol–water partition coefficient (Wildman–Crippen LogP) is 3.50. The van der Waals surface area contributed by atoms with Crippen LogP contribution in [0.25, 0.3) is 6.08 Å². The molecule has 1 aliphatic rings. The average molecular weight is 480 g/mol. The first-order chi connectivity index (χ1) is 12.9. The number of nitrogens with zero attached hydrogens (tertiary/aromatic N) is 1. The number of ether oxygens (including phenoxy) is 1. The predicted molar refractivity (Wildman–Crippen MR) is 106 cm³/mol. The largest absolute Gasteiger partial charge is 0.494 e. The highest BCUT2D eigenvalue weighted by atomic mass is 127. The summed E-state index contributed by atoms with van der Waals surface area (Å²) in [6.45, 7) is 2.30. The van der Waals surface area contributed by atoms with Gasteiger partial charge in [0.05, 0.1) is 12.3 Å². The van der Waals surface area contributed by atoms with Gasteiger partial charge in [-0.3, -0.25) is 14.9 Å². The van der Waals surface area contributed by atoms with E-state index in [4.69, 9.17) is 4.74 Å². The van der Waals surface area contributed by atoms with Crippen LogP contribution in [0.5, 0.6) is 5.75 Å². The third kappa shape index (κ3) is 4.00.